The molecule has 1 N–H and O–H groups in total. The van der Waals surface area contributed by atoms with Crippen LogP contribution < -0.4 is 0 Å². The van der Waals surface area contributed by atoms with Crippen molar-refractivity contribution in [3.63, 3.8) is 0 Å². The van der Waals surface area contributed by atoms with E-state index in [-0.39, 0.29) is 6.10 Å². The molecule has 2 aliphatic rings. The fourth-order valence-corrected chi connectivity index (χ4v) is 4.35. The third kappa shape index (κ3) is 4.73. The van der Waals surface area contributed by atoms with Crippen LogP contribution in [0.2, 0.25) is 0 Å². The van der Waals surface area contributed by atoms with Crippen LogP contribution in [0.3, 0.4) is 0 Å². The minimum Gasteiger partial charge on any atom is -0.393 e. The van der Waals surface area contributed by atoms with E-state index in [9.17, 15) is 5.11 Å². The summed E-state index contributed by atoms with van der Waals surface area (Å²) in [5.74, 6) is 2.37. The maximum absolute atomic E-state index is 10.3. The smallest absolute Gasteiger partial charge is 0.0580 e. The van der Waals surface area contributed by atoms with Crippen LogP contribution >= 0.6 is 0 Å². The predicted octanol–water partition coefficient (Wildman–Crippen LogP) is 4.08. The van der Waals surface area contributed by atoms with E-state index in [0.29, 0.717) is 5.92 Å². The summed E-state index contributed by atoms with van der Waals surface area (Å²) in [6, 6.07) is 0. The zero-order chi connectivity index (χ0) is 14.4. The molecule has 1 saturated heterocycles. The first kappa shape index (κ1) is 16.3. The van der Waals surface area contributed by atoms with Gasteiger partial charge in [0.1, 0.15) is 0 Å². The molecule has 1 heterocycles. The van der Waals surface area contributed by atoms with Gasteiger partial charge in [0.2, 0.25) is 0 Å². The zero-order valence-corrected chi connectivity index (χ0v) is 13.7. The van der Waals surface area contributed by atoms with Gasteiger partial charge in [-0.2, -0.15) is 0 Å². The number of nitrogens with zero attached hydrogens (tertiary/aromatic N) is 1. The van der Waals surface area contributed by atoms with Gasteiger partial charge in [0.25, 0.3) is 0 Å². The third-order valence-corrected chi connectivity index (χ3v) is 5.76. The van der Waals surface area contributed by atoms with Crippen LogP contribution in [-0.4, -0.2) is 35.7 Å². The van der Waals surface area contributed by atoms with E-state index in [1.165, 1.54) is 64.5 Å². The van der Waals surface area contributed by atoms with Crippen LogP contribution in [0.25, 0.3) is 0 Å². The lowest BCUT2D eigenvalue weighted by Gasteiger charge is -2.36. The molecule has 1 aliphatic carbocycles. The highest BCUT2D eigenvalue weighted by Gasteiger charge is 2.30. The molecular weight excluding hydrogens is 246 g/mol. The van der Waals surface area contributed by atoms with E-state index in [1.807, 2.05) is 0 Å². The minimum atomic E-state index is -0.0347. The van der Waals surface area contributed by atoms with E-state index in [4.69, 9.17) is 0 Å². The number of hydrogen-bond donors (Lipinski definition) is 1. The van der Waals surface area contributed by atoms with Crippen molar-refractivity contribution in [2.45, 2.75) is 77.7 Å². The number of likely N-dealkylation sites (tertiary alicyclic amines) is 1. The average Bonchev–Trinajstić information content (AvgIpc) is 2.67. The van der Waals surface area contributed by atoms with Crippen molar-refractivity contribution in [3.8, 4) is 0 Å². The van der Waals surface area contributed by atoms with E-state index < -0.39 is 0 Å². The summed E-state index contributed by atoms with van der Waals surface area (Å²) in [5.41, 5.74) is 0. The lowest BCUT2D eigenvalue weighted by Crippen LogP contribution is -2.39. The first-order valence-electron chi connectivity index (χ1n) is 9.13. The highest BCUT2D eigenvalue weighted by molar-refractivity contribution is 4.82. The van der Waals surface area contributed by atoms with Crippen LogP contribution in [0.15, 0.2) is 0 Å². The first-order valence-corrected chi connectivity index (χ1v) is 9.13. The van der Waals surface area contributed by atoms with Crippen molar-refractivity contribution in [3.05, 3.63) is 0 Å². The molecule has 4 atom stereocenters. The Morgan fingerprint density at radius 3 is 2.60 bits per heavy atom. The Labute approximate surface area is 125 Å². The summed E-state index contributed by atoms with van der Waals surface area (Å²) in [4.78, 5) is 2.65. The van der Waals surface area contributed by atoms with Crippen LogP contribution in [0.1, 0.15) is 71.6 Å². The van der Waals surface area contributed by atoms with Crippen LogP contribution in [0, 0.1) is 17.8 Å². The number of rotatable bonds is 5. The lowest BCUT2D eigenvalue weighted by molar-refractivity contribution is 0.0271. The topological polar surface area (TPSA) is 23.5 Å². The van der Waals surface area contributed by atoms with Gasteiger partial charge < -0.3 is 10.0 Å². The fourth-order valence-electron chi connectivity index (χ4n) is 4.35. The SMILES string of the molecule is CCCC1CCCN(CC2CC(CC)CCC2O)CC1. The maximum atomic E-state index is 10.3. The molecule has 1 aliphatic heterocycles. The zero-order valence-electron chi connectivity index (χ0n) is 13.7. The van der Waals surface area contributed by atoms with Crippen molar-refractivity contribution >= 4 is 0 Å². The molecule has 0 aromatic rings. The normalized spacial score (nSPS) is 36.8. The minimum absolute atomic E-state index is 0.0347. The van der Waals surface area contributed by atoms with E-state index in [0.717, 1.165) is 24.8 Å². The summed E-state index contributed by atoms with van der Waals surface area (Å²) < 4.78 is 0. The van der Waals surface area contributed by atoms with Gasteiger partial charge in [-0.05, 0) is 69.4 Å². The fraction of sp³-hybridized carbons (Fsp3) is 1.00. The highest BCUT2D eigenvalue weighted by atomic mass is 16.3. The quantitative estimate of drug-likeness (QED) is 0.821. The molecule has 1 saturated carbocycles. The Morgan fingerprint density at radius 1 is 1.00 bits per heavy atom. The van der Waals surface area contributed by atoms with Crippen LogP contribution in [-0.2, 0) is 0 Å². The van der Waals surface area contributed by atoms with Gasteiger partial charge in [-0.1, -0.05) is 33.1 Å². The second-order valence-corrected chi connectivity index (χ2v) is 7.30. The summed E-state index contributed by atoms with van der Waals surface area (Å²) in [6.45, 7) is 8.30. The van der Waals surface area contributed by atoms with Gasteiger partial charge in [0.05, 0.1) is 6.10 Å². The highest BCUT2D eigenvalue weighted by Crippen LogP contribution is 2.32. The number of hydrogen-bond acceptors (Lipinski definition) is 2. The van der Waals surface area contributed by atoms with Gasteiger partial charge in [-0.15, -0.1) is 0 Å². The molecule has 20 heavy (non-hydrogen) atoms. The standard InChI is InChI=1S/C18H35NO/c1-3-6-16-7-5-11-19(12-10-16)14-17-13-15(4-2)8-9-18(17)20/h15-18,20H,3-14H2,1-2H3. The van der Waals surface area contributed by atoms with E-state index in [2.05, 4.69) is 18.7 Å². The molecule has 0 bridgehead atoms. The molecule has 118 valence electrons. The Balaban J connectivity index is 1.79. The van der Waals surface area contributed by atoms with E-state index >= 15 is 0 Å². The molecule has 0 radical (unpaired) electrons. The second-order valence-electron chi connectivity index (χ2n) is 7.30. The van der Waals surface area contributed by atoms with Crippen LogP contribution in [0.4, 0.5) is 0 Å². The van der Waals surface area contributed by atoms with Crippen LogP contribution in [0.5, 0.6) is 0 Å². The molecule has 2 fully saturated rings. The molecule has 2 rings (SSSR count). The Bertz CT molecular complexity index is 268. The Hall–Kier alpha value is -0.0800. The molecular formula is C18H35NO. The molecule has 2 heteroatoms. The van der Waals surface area contributed by atoms with Gasteiger partial charge >= 0.3 is 0 Å². The predicted molar refractivity (Wildman–Crippen MR) is 85.8 cm³/mol. The Kier molecular flexibility index (Phi) is 6.83. The monoisotopic (exact) mass is 281 g/mol. The third-order valence-electron chi connectivity index (χ3n) is 5.76. The number of aliphatic hydroxyl groups excluding tert-OH is 1. The van der Waals surface area contributed by atoms with Crippen molar-refractivity contribution in [1.29, 1.82) is 0 Å². The summed E-state index contributed by atoms with van der Waals surface area (Å²) in [5, 5.41) is 10.3. The van der Waals surface area contributed by atoms with Gasteiger partial charge in [-0.25, -0.2) is 0 Å². The van der Waals surface area contributed by atoms with Gasteiger partial charge in [0, 0.05) is 6.54 Å². The van der Waals surface area contributed by atoms with E-state index in [1.54, 1.807) is 0 Å². The average molecular weight is 281 g/mol. The second kappa shape index (κ2) is 8.38. The summed E-state index contributed by atoms with van der Waals surface area (Å²) >= 11 is 0. The van der Waals surface area contributed by atoms with Crippen molar-refractivity contribution in [2.75, 3.05) is 19.6 Å². The number of aliphatic hydroxyl groups is 1. The largest absolute Gasteiger partial charge is 0.393 e. The molecule has 4 unspecified atom stereocenters. The van der Waals surface area contributed by atoms with Crippen molar-refractivity contribution in [2.24, 2.45) is 17.8 Å². The summed E-state index contributed by atoms with van der Waals surface area (Å²) in [6.07, 6.45) is 11.7. The molecule has 0 amide bonds. The Morgan fingerprint density at radius 2 is 1.85 bits per heavy atom. The summed E-state index contributed by atoms with van der Waals surface area (Å²) in [7, 11) is 0. The molecule has 0 aromatic heterocycles. The van der Waals surface area contributed by atoms with Crippen molar-refractivity contribution in [1.82, 2.24) is 4.90 Å². The maximum Gasteiger partial charge on any atom is 0.0580 e. The lowest BCUT2D eigenvalue weighted by atomic mass is 9.78. The molecule has 0 aromatic carbocycles. The first-order chi connectivity index (χ1) is 9.72. The van der Waals surface area contributed by atoms with Crippen molar-refractivity contribution < 1.29 is 5.11 Å². The molecule has 2 nitrogen and oxygen atoms in total. The van der Waals surface area contributed by atoms with Gasteiger partial charge in [-0.3, -0.25) is 0 Å². The van der Waals surface area contributed by atoms with Gasteiger partial charge in [0.15, 0.2) is 0 Å². The molecule has 0 spiro atoms.